The summed E-state index contributed by atoms with van der Waals surface area (Å²) in [4.78, 5) is 32.7. The van der Waals surface area contributed by atoms with Crippen molar-refractivity contribution >= 4 is 34.4 Å². The van der Waals surface area contributed by atoms with Crippen molar-refractivity contribution in [2.75, 3.05) is 5.32 Å². The van der Waals surface area contributed by atoms with Crippen molar-refractivity contribution in [2.24, 2.45) is 11.8 Å². The molecule has 2 atom stereocenters. The molecule has 3 aromatic carbocycles. The highest BCUT2D eigenvalue weighted by molar-refractivity contribution is 6.05. The highest BCUT2D eigenvalue weighted by Gasteiger charge is 2.39. The minimum Gasteiger partial charge on any atom is -0.481 e. The molecule has 1 saturated carbocycles. The number of para-hydroxylation sites is 2. The Labute approximate surface area is 189 Å². The van der Waals surface area contributed by atoms with Gasteiger partial charge in [0, 0.05) is 17.0 Å². The van der Waals surface area contributed by atoms with Gasteiger partial charge >= 0.3 is 5.97 Å². The number of aromatic nitrogens is 2. The van der Waals surface area contributed by atoms with Gasteiger partial charge < -0.3 is 15.4 Å². The van der Waals surface area contributed by atoms with E-state index in [0.29, 0.717) is 41.9 Å². The number of fused-ring (bicyclic) bond motifs is 1. The maximum absolute atomic E-state index is 15.9. The van der Waals surface area contributed by atoms with E-state index in [1.54, 1.807) is 24.3 Å². The number of aromatic amines is 1. The van der Waals surface area contributed by atoms with Crippen LogP contribution in [0.2, 0.25) is 0 Å². The number of carboxylic acid groups (broad SMARTS) is 1. The molecule has 1 aromatic heterocycles. The van der Waals surface area contributed by atoms with Crippen LogP contribution < -0.4 is 5.32 Å². The number of ketones is 1. The maximum Gasteiger partial charge on any atom is 0.307 e. The van der Waals surface area contributed by atoms with Crippen LogP contribution in [0.25, 0.3) is 22.2 Å². The summed E-state index contributed by atoms with van der Waals surface area (Å²) in [6.45, 7) is 0. The minimum absolute atomic E-state index is 0.00329. The number of aliphatic carboxylic acids is 1. The average molecular weight is 443 g/mol. The fourth-order valence-electron chi connectivity index (χ4n) is 4.64. The summed E-state index contributed by atoms with van der Waals surface area (Å²) in [5, 5.41) is 12.5. The van der Waals surface area contributed by atoms with E-state index < -0.39 is 23.6 Å². The topological polar surface area (TPSA) is 95.1 Å². The van der Waals surface area contributed by atoms with E-state index in [0.717, 1.165) is 5.52 Å². The van der Waals surface area contributed by atoms with Crippen LogP contribution in [-0.4, -0.2) is 26.8 Å². The van der Waals surface area contributed by atoms with Crippen LogP contribution in [0.4, 0.5) is 16.0 Å². The van der Waals surface area contributed by atoms with E-state index in [1.807, 2.05) is 42.5 Å². The monoisotopic (exact) mass is 443 g/mol. The van der Waals surface area contributed by atoms with Gasteiger partial charge in [-0.05, 0) is 36.6 Å². The normalized spacial score (nSPS) is 17.8. The summed E-state index contributed by atoms with van der Waals surface area (Å²) in [7, 11) is 0. The Balaban J connectivity index is 1.61. The van der Waals surface area contributed by atoms with Gasteiger partial charge in [0.2, 0.25) is 5.95 Å². The highest BCUT2D eigenvalue weighted by atomic mass is 19.1. The second-order valence-electron chi connectivity index (χ2n) is 8.29. The summed E-state index contributed by atoms with van der Waals surface area (Å²) >= 11 is 0. The SMILES string of the molecule is O=C(O)[C@@H]1CCC[C@H]1C(=O)c1ccc(-c2ccccc2)c(F)c1Nc1nc2ccccc2[nH]1. The molecule has 0 spiro atoms. The molecule has 4 aromatic rings. The number of nitrogens with zero attached hydrogens (tertiary/aromatic N) is 1. The first-order valence-electron chi connectivity index (χ1n) is 10.9. The van der Waals surface area contributed by atoms with Crippen LogP contribution in [-0.2, 0) is 4.79 Å². The summed E-state index contributed by atoms with van der Waals surface area (Å²) in [6.07, 6.45) is 1.58. The Morgan fingerprint density at radius 1 is 0.970 bits per heavy atom. The van der Waals surface area contributed by atoms with Crippen molar-refractivity contribution in [2.45, 2.75) is 19.3 Å². The molecule has 0 aliphatic heterocycles. The Bertz CT molecular complexity index is 1320. The van der Waals surface area contributed by atoms with E-state index in [4.69, 9.17) is 0 Å². The Morgan fingerprint density at radius 2 is 1.70 bits per heavy atom. The molecule has 0 bridgehead atoms. The number of carbonyl (C=O) groups excluding carboxylic acids is 1. The van der Waals surface area contributed by atoms with Gasteiger partial charge in [-0.3, -0.25) is 9.59 Å². The molecule has 7 heteroatoms. The minimum atomic E-state index is -0.987. The van der Waals surface area contributed by atoms with Crippen molar-refractivity contribution in [3.63, 3.8) is 0 Å². The third-order valence-corrected chi connectivity index (χ3v) is 6.29. The number of nitrogens with one attached hydrogen (secondary N) is 2. The quantitative estimate of drug-likeness (QED) is 0.328. The molecule has 0 unspecified atom stereocenters. The molecule has 1 aliphatic carbocycles. The standard InChI is InChI=1S/C26H22FN3O3/c27-22-16(15-7-2-1-3-8-15)13-14-19(24(31)17-9-6-10-18(17)25(32)33)23(22)30-26-28-20-11-4-5-12-21(20)29-26/h1-5,7-8,11-14,17-18H,6,9-10H2,(H,32,33)(H2,28,29,30)/t17-,18-/m1/s1. The maximum atomic E-state index is 15.9. The Kier molecular flexibility index (Phi) is 5.38. The molecule has 3 N–H and O–H groups in total. The number of halogens is 1. The van der Waals surface area contributed by atoms with Crippen LogP contribution in [0.3, 0.4) is 0 Å². The van der Waals surface area contributed by atoms with E-state index in [1.165, 1.54) is 0 Å². The number of anilines is 2. The lowest BCUT2D eigenvalue weighted by Gasteiger charge is -2.19. The molecule has 1 aliphatic rings. The second-order valence-corrected chi connectivity index (χ2v) is 8.29. The molecule has 0 saturated heterocycles. The first-order valence-corrected chi connectivity index (χ1v) is 10.9. The fourth-order valence-corrected chi connectivity index (χ4v) is 4.64. The predicted molar refractivity (Wildman–Crippen MR) is 124 cm³/mol. The van der Waals surface area contributed by atoms with E-state index in [9.17, 15) is 14.7 Å². The zero-order valence-electron chi connectivity index (χ0n) is 17.7. The number of benzene rings is 3. The number of hydrogen-bond acceptors (Lipinski definition) is 4. The van der Waals surface area contributed by atoms with Crippen molar-refractivity contribution in [1.29, 1.82) is 0 Å². The van der Waals surface area contributed by atoms with Crippen LogP contribution in [0, 0.1) is 17.7 Å². The lowest BCUT2D eigenvalue weighted by Crippen LogP contribution is -2.26. The molecule has 0 radical (unpaired) electrons. The molecule has 33 heavy (non-hydrogen) atoms. The average Bonchev–Trinajstić information content (AvgIpc) is 3.47. The third-order valence-electron chi connectivity index (χ3n) is 6.29. The van der Waals surface area contributed by atoms with Gasteiger partial charge in [-0.15, -0.1) is 0 Å². The first-order chi connectivity index (χ1) is 16.0. The van der Waals surface area contributed by atoms with Crippen molar-refractivity contribution < 1.29 is 19.1 Å². The smallest absolute Gasteiger partial charge is 0.307 e. The van der Waals surface area contributed by atoms with Gasteiger partial charge in [0.05, 0.1) is 22.6 Å². The Morgan fingerprint density at radius 3 is 2.45 bits per heavy atom. The highest BCUT2D eigenvalue weighted by Crippen LogP contribution is 2.39. The first kappa shape index (κ1) is 20.9. The van der Waals surface area contributed by atoms with Gasteiger partial charge in [-0.25, -0.2) is 9.37 Å². The number of rotatable bonds is 6. The van der Waals surface area contributed by atoms with Gasteiger partial charge in [-0.2, -0.15) is 0 Å². The largest absolute Gasteiger partial charge is 0.481 e. The number of carbonyl (C=O) groups is 2. The molecule has 5 rings (SSSR count). The molecular formula is C26H22FN3O3. The van der Waals surface area contributed by atoms with Crippen LogP contribution in [0.15, 0.2) is 66.7 Å². The van der Waals surface area contributed by atoms with E-state index in [-0.39, 0.29) is 17.0 Å². The number of Topliss-reactive ketones (excluding diaryl/α,β-unsaturated/α-hetero) is 1. The molecule has 1 fully saturated rings. The lowest BCUT2D eigenvalue weighted by molar-refractivity contribution is -0.142. The van der Waals surface area contributed by atoms with Gasteiger partial charge in [-0.1, -0.05) is 55.0 Å². The molecule has 0 amide bonds. The van der Waals surface area contributed by atoms with E-state index in [2.05, 4.69) is 15.3 Å². The molecule has 6 nitrogen and oxygen atoms in total. The van der Waals surface area contributed by atoms with Crippen molar-refractivity contribution in [3.8, 4) is 11.1 Å². The second kappa shape index (κ2) is 8.50. The number of imidazole rings is 1. The zero-order chi connectivity index (χ0) is 22.9. The summed E-state index contributed by atoms with van der Waals surface area (Å²) in [5.41, 5.74) is 2.61. The Hall–Kier alpha value is -4.00. The van der Waals surface area contributed by atoms with Crippen molar-refractivity contribution in [1.82, 2.24) is 9.97 Å². The number of H-pyrrole nitrogens is 1. The molecule has 166 valence electrons. The van der Waals surface area contributed by atoms with Gasteiger partial charge in [0.15, 0.2) is 11.6 Å². The fraction of sp³-hybridized carbons (Fsp3) is 0.192. The number of hydrogen-bond donors (Lipinski definition) is 3. The molecular weight excluding hydrogens is 421 g/mol. The summed E-state index contributed by atoms with van der Waals surface area (Å²) in [6, 6.07) is 19.6. The van der Waals surface area contributed by atoms with Crippen LogP contribution in [0.1, 0.15) is 29.6 Å². The predicted octanol–water partition coefficient (Wildman–Crippen LogP) is 5.80. The lowest BCUT2D eigenvalue weighted by atomic mass is 9.87. The summed E-state index contributed by atoms with van der Waals surface area (Å²) in [5.74, 6) is -3.07. The van der Waals surface area contributed by atoms with Crippen LogP contribution >= 0.6 is 0 Å². The summed E-state index contributed by atoms with van der Waals surface area (Å²) < 4.78 is 15.9. The number of carboxylic acids is 1. The van der Waals surface area contributed by atoms with Crippen molar-refractivity contribution in [3.05, 3.63) is 78.1 Å². The van der Waals surface area contributed by atoms with E-state index >= 15 is 4.39 Å². The zero-order valence-corrected chi connectivity index (χ0v) is 17.7. The third kappa shape index (κ3) is 3.86. The van der Waals surface area contributed by atoms with Crippen LogP contribution in [0.5, 0.6) is 0 Å². The van der Waals surface area contributed by atoms with Gasteiger partial charge in [0.25, 0.3) is 0 Å². The van der Waals surface area contributed by atoms with Gasteiger partial charge in [0.1, 0.15) is 0 Å². The molecule has 1 heterocycles.